The number of phenols is 1. The minimum absolute atomic E-state index is 0.229. The number of aromatic amines is 2. The molecule has 107 heavy (non-hydrogen) atoms. The Balaban J connectivity index is 1.38. The van der Waals surface area contributed by atoms with Crippen LogP contribution in [-0.4, -0.2) is 238 Å². The number of primary amides is 1. The number of carboxylic acids is 4. The van der Waals surface area contributed by atoms with Crippen molar-refractivity contribution in [2.24, 2.45) is 11.7 Å². The van der Waals surface area contributed by atoms with Crippen LogP contribution in [0.15, 0.2) is 85.2 Å². The van der Waals surface area contributed by atoms with E-state index in [-0.39, 0.29) is 16.7 Å². The van der Waals surface area contributed by atoms with Crippen molar-refractivity contribution in [3.63, 3.8) is 0 Å². The fraction of sp³-hybridized carbons (Fsp3) is 0.418. The zero-order chi connectivity index (χ0) is 78.7. The molecular formula is C67H80N14O26. The number of aliphatic hydroxyl groups excluding tert-OH is 2. The Morgan fingerprint density at radius 3 is 1.62 bits per heavy atom. The highest BCUT2D eigenvalue weighted by molar-refractivity contribution is 6.02. The molecule has 574 valence electrons. The third-order valence-electron chi connectivity index (χ3n) is 17.1. The van der Waals surface area contributed by atoms with Gasteiger partial charge in [0.2, 0.25) is 65.0 Å². The molecular weight excluding hydrogens is 1420 g/mol. The van der Waals surface area contributed by atoms with Crippen LogP contribution in [-0.2, 0) is 104 Å². The first kappa shape index (κ1) is 81.7. The number of esters is 1. The number of aromatic hydroxyl groups is 1. The van der Waals surface area contributed by atoms with Gasteiger partial charge in [0.25, 0.3) is 5.91 Å². The molecule has 40 heteroatoms. The number of hydrogen-bond donors (Lipinski definition) is 21. The van der Waals surface area contributed by atoms with Crippen LogP contribution in [0.2, 0.25) is 0 Å². The van der Waals surface area contributed by atoms with Crippen molar-refractivity contribution in [2.75, 3.05) is 13.2 Å². The van der Waals surface area contributed by atoms with Gasteiger partial charge in [-0.05, 0) is 60.2 Å². The Labute approximate surface area is 605 Å². The van der Waals surface area contributed by atoms with Crippen molar-refractivity contribution in [1.82, 2.24) is 68.5 Å². The summed E-state index contributed by atoms with van der Waals surface area (Å²) in [4.78, 5) is 242. The molecule has 2 aliphatic rings. The maximum atomic E-state index is 15.3. The second-order valence-electron chi connectivity index (χ2n) is 25.2. The van der Waals surface area contributed by atoms with Crippen LogP contribution in [0, 0.1) is 5.92 Å². The maximum absolute atomic E-state index is 15.3. The smallest absolute Gasteiger partial charge is 0.329 e. The van der Waals surface area contributed by atoms with Crippen molar-refractivity contribution < 1.29 is 127 Å². The number of aliphatic carboxylic acids is 4. The normalized spacial score (nSPS) is 24.4. The lowest BCUT2D eigenvalue weighted by molar-refractivity contribution is -0.156. The Hall–Kier alpha value is -12.6. The van der Waals surface area contributed by atoms with E-state index in [4.69, 9.17) is 15.2 Å². The molecule has 2 saturated heterocycles. The number of ether oxygens (including phenoxy) is 2. The SMILES string of the molecule is CCC[C@H]1O[C@@H]1C(=O)N[C@@H](CO)C(=O)NC1C(=O)NC(Cc2c[nH]c3ccccc23)C(=O)N[C@@H](CC(=O)O)C(=O)NC(CC(=O)O)C(=O)N[C@H](c2ccc(O)cc2)C(=O)N[C@@H](CC(=O)O)C(=O)NCC(=O)N[C@H]([C@H](O)C(N)=O)C(=O)NC([C@H](C)CC(=O)O)C(=O)N[C@@H](Cc2c[nH]c3ccccc23)C(=O)OC1C. The highest BCUT2D eigenvalue weighted by Crippen LogP contribution is 2.28. The number of benzene rings is 3. The molecule has 4 heterocycles. The number of para-hydroxylation sites is 2. The van der Waals surface area contributed by atoms with E-state index in [1.54, 1.807) is 48.5 Å². The predicted octanol–water partition coefficient (Wildman–Crippen LogP) is -5.64. The topological polar surface area (TPSA) is 643 Å². The number of epoxide rings is 1. The Kier molecular flexibility index (Phi) is 28.4. The van der Waals surface area contributed by atoms with Gasteiger partial charge in [0.15, 0.2) is 12.2 Å². The minimum atomic E-state index is -2.73. The molecule has 0 aliphatic carbocycles. The maximum Gasteiger partial charge on any atom is 0.329 e. The van der Waals surface area contributed by atoms with E-state index in [2.05, 4.69) is 47.2 Å². The summed E-state index contributed by atoms with van der Waals surface area (Å²) in [5.41, 5.74) is 6.48. The number of H-pyrrole nitrogens is 2. The van der Waals surface area contributed by atoms with Crippen LogP contribution in [0.1, 0.15) is 82.0 Å². The fourth-order valence-corrected chi connectivity index (χ4v) is 11.5. The number of phenolic OH excluding ortho intramolecular Hbond substituents is 1. The first-order valence-corrected chi connectivity index (χ1v) is 33.2. The first-order chi connectivity index (χ1) is 50.7. The van der Waals surface area contributed by atoms with E-state index in [0.29, 0.717) is 34.6 Å². The number of aromatic nitrogens is 2. The minimum Gasteiger partial charge on any atom is -0.508 e. The number of nitrogens with one attached hydrogen (secondary N) is 13. The summed E-state index contributed by atoms with van der Waals surface area (Å²) in [6, 6.07) is -5.25. The van der Waals surface area contributed by atoms with Crippen LogP contribution in [0.5, 0.6) is 5.75 Å². The monoisotopic (exact) mass is 1500 g/mol. The van der Waals surface area contributed by atoms with E-state index in [1.165, 1.54) is 12.4 Å². The van der Waals surface area contributed by atoms with Gasteiger partial charge in [0.1, 0.15) is 72.3 Å². The molecule has 0 bridgehead atoms. The lowest BCUT2D eigenvalue weighted by Crippen LogP contribution is -2.63. The van der Waals surface area contributed by atoms with E-state index in [1.807, 2.05) is 28.2 Å². The van der Waals surface area contributed by atoms with Crippen molar-refractivity contribution in [1.29, 1.82) is 0 Å². The molecule has 0 radical (unpaired) electrons. The summed E-state index contributed by atoms with van der Waals surface area (Å²) in [5.74, 6) is -28.2. The van der Waals surface area contributed by atoms with E-state index >= 15 is 14.4 Å². The Morgan fingerprint density at radius 2 is 1.08 bits per heavy atom. The standard InChI is InChI=1S/C67H80N14O26/c1-4-9-44-55(107-44)66(104)77-43(27-82)61(99)80-51-29(3)106-67(105)42(20-32-25-70-37-13-8-6-11-35(32)37)76-62(100)50(28(2)18-46(85)86)79-65(103)53(54(93)56(68)94)78-45(84)26-71-57(95)39(21-47(87)88)75-64(102)52(30-14-16-33(83)17-15-30)81-60(98)41(23-49(91)92)73-59(97)40(22-48(89)90)72-58(96)38(74-63(51)101)19-31-24-69-36-12-7-5-10-34(31)36/h5-8,10-17,24-25,28-29,38-44,50-55,69-70,82-83,93H,4,9,18-23,26-27H2,1-3H3,(H2,68,94)(H,71,95)(H,72,96)(H,73,97)(H,74,101)(H,75,102)(H,76,100)(H,77,104)(H,78,84)(H,79,103)(H,80,99)(H,81,98)(H,85,86)(H,87,88)(H,89,90)(H,91,92)/t28-,29?,38?,39+,40+,41?,42+,43+,44-,50?,51?,52-,53-,54+,55+/m1/s1. The van der Waals surface area contributed by atoms with Gasteiger partial charge in [-0.1, -0.05) is 68.8 Å². The average Bonchev–Trinajstić information content (AvgIpc) is 1.78. The molecule has 3 aromatic carbocycles. The fourth-order valence-electron chi connectivity index (χ4n) is 11.5. The van der Waals surface area contributed by atoms with Crippen LogP contribution in [0.4, 0.5) is 0 Å². The third kappa shape index (κ3) is 22.7. The second kappa shape index (κ2) is 37.2. The molecule has 5 aromatic rings. The summed E-state index contributed by atoms with van der Waals surface area (Å²) in [7, 11) is 0. The molecule has 40 nitrogen and oxygen atoms in total. The van der Waals surface area contributed by atoms with Crippen LogP contribution < -0.4 is 64.2 Å². The van der Waals surface area contributed by atoms with Crippen molar-refractivity contribution in [3.8, 4) is 5.75 Å². The van der Waals surface area contributed by atoms with E-state index < -0.39 is 249 Å². The lowest BCUT2D eigenvalue weighted by atomic mass is 9.95. The van der Waals surface area contributed by atoms with Gasteiger partial charge in [0, 0.05) is 47.0 Å². The van der Waals surface area contributed by atoms with Crippen molar-refractivity contribution >= 4 is 123 Å². The van der Waals surface area contributed by atoms with Crippen LogP contribution >= 0.6 is 0 Å². The Bertz CT molecular complexity index is 4220. The van der Waals surface area contributed by atoms with Gasteiger partial charge in [-0.3, -0.25) is 76.7 Å². The number of amides is 12. The molecule has 2 aromatic heterocycles. The second-order valence-corrected chi connectivity index (χ2v) is 25.2. The number of carboxylic acid groups (broad SMARTS) is 4. The van der Waals surface area contributed by atoms with Gasteiger partial charge in [0.05, 0.1) is 44.9 Å². The van der Waals surface area contributed by atoms with Gasteiger partial charge in [-0.2, -0.15) is 0 Å². The van der Waals surface area contributed by atoms with E-state index in [0.717, 1.165) is 38.1 Å². The first-order valence-electron chi connectivity index (χ1n) is 33.2. The summed E-state index contributed by atoms with van der Waals surface area (Å²) >= 11 is 0. The van der Waals surface area contributed by atoms with E-state index in [9.17, 15) is 103 Å². The van der Waals surface area contributed by atoms with Crippen LogP contribution in [0.25, 0.3) is 21.8 Å². The predicted molar refractivity (Wildman–Crippen MR) is 363 cm³/mol. The van der Waals surface area contributed by atoms with Gasteiger partial charge >= 0.3 is 29.8 Å². The molecule has 2 fully saturated rings. The van der Waals surface area contributed by atoms with Crippen LogP contribution in [0.3, 0.4) is 0 Å². The molecule has 7 rings (SSSR count). The number of rotatable bonds is 23. The number of nitrogens with two attached hydrogens (primary N) is 1. The largest absolute Gasteiger partial charge is 0.508 e. The van der Waals surface area contributed by atoms with Gasteiger partial charge < -0.3 is 119 Å². The van der Waals surface area contributed by atoms with Crippen molar-refractivity contribution in [2.45, 2.75) is 157 Å². The van der Waals surface area contributed by atoms with Crippen molar-refractivity contribution in [3.05, 3.63) is 102 Å². The molecule has 5 unspecified atom stereocenters. The number of hydrogen-bond acceptors (Lipinski definition) is 22. The number of cyclic esters (lactones) is 1. The van der Waals surface area contributed by atoms with Gasteiger partial charge in [-0.25, -0.2) is 4.79 Å². The zero-order valence-electron chi connectivity index (χ0n) is 57.3. The third-order valence-corrected chi connectivity index (χ3v) is 17.1. The zero-order valence-corrected chi connectivity index (χ0v) is 57.3. The average molecular weight is 1500 g/mol. The molecule has 22 N–H and O–H groups in total. The highest BCUT2D eigenvalue weighted by Gasteiger charge is 2.46. The molecule has 15 atom stereocenters. The summed E-state index contributed by atoms with van der Waals surface area (Å²) in [6.45, 7) is 1.45. The highest BCUT2D eigenvalue weighted by atomic mass is 16.6. The number of carbonyl (C=O) groups excluding carboxylic acids is 13. The molecule has 0 spiro atoms. The summed E-state index contributed by atoms with van der Waals surface area (Å²) in [5, 5.41) is 96.5. The summed E-state index contributed by atoms with van der Waals surface area (Å²) in [6.07, 6.45) is -8.84. The number of aliphatic hydroxyl groups is 2. The molecule has 0 saturated carbocycles. The molecule has 12 amide bonds. The number of fused-ring (bicyclic) bond motifs is 2. The Morgan fingerprint density at radius 1 is 0.589 bits per heavy atom. The number of carbonyl (C=O) groups is 17. The quantitative estimate of drug-likeness (QED) is 0.0214. The lowest BCUT2D eigenvalue weighted by Gasteiger charge is -2.31. The molecule has 2 aliphatic heterocycles. The van der Waals surface area contributed by atoms with Gasteiger partial charge in [-0.15, -0.1) is 0 Å². The summed E-state index contributed by atoms with van der Waals surface area (Å²) < 4.78 is 11.3.